The van der Waals surface area contributed by atoms with Gasteiger partial charge in [0.25, 0.3) is 5.69 Å². The number of oxime groups is 1. The number of hydrogen-bond acceptors (Lipinski definition) is 6. The SMILES string of the molecule is C=CCC1(CC=C)c2cc(/C(=N\OC(C)=O)c3ccccc3OCC(F)(F)C(F)F)ccc2-c2ccc([N+](=O)[O-])cc21. The predicted octanol–water partition coefficient (Wildman–Crippen LogP) is 7.61. The normalized spacial score (nSPS) is 13.7. The van der Waals surface area contributed by atoms with Crippen LogP contribution in [0.25, 0.3) is 11.1 Å². The Balaban J connectivity index is 1.91. The number of nitrogens with zero attached hydrogens (tertiary/aromatic N) is 2. The number of ether oxygens (including phenoxy) is 1. The average molecular weight is 583 g/mol. The molecule has 0 aliphatic heterocycles. The van der Waals surface area contributed by atoms with Gasteiger partial charge in [-0.05, 0) is 59.4 Å². The highest BCUT2D eigenvalue weighted by molar-refractivity contribution is 6.15. The Bertz CT molecular complexity index is 1580. The fraction of sp³-hybridized carbons (Fsp3) is 0.226. The van der Waals surface area contributed by atoms with E-state index in [1.54, 1.807) is 42.5 Å². The third-order valence-corrected chi connectivity index (χ3v) is 6.96. The van der Waals surface area contributed by atoms with Crippen LogP contribution < -0.4 is 4.74 Å². The number of rotatable bonds is 12. The van der Waals surface area contributed by atoms with E-state index < -0.39 is 35.3 Å². The first-order valence-electron chi connectivity index (χ1n) is 12.7. The summed E-state index contributed by atoms with van der Waals surface area (Å²) in [6.45, 7) is 7.31. The van der Waals surface area contributed by atoms with E-state index in [4.69, 9.17) is 9.57 Å². The molecule has 0 bridgehead atoms. The zero-order valence-electron chi connectivity index (χ0n) is 22.5. The molecule has 0 saturated heterocycles. The zero-order chi connectivity index (χ0) is 30.7. The fourth-order valence-corrected chi connectivity index (χ4v) is 5.15. The Hall–Kier alpha value is -4.80. The highest BCUT2D eigenvalue weighted by Gasteiger charge is 2.43. The van der Waals surface area contributed by atoms with Crippen LogP contribution in [0.2, 0.25) is 0 Å². The number of hydrogen-bond donors (Lipinski definition) is 0. The van der Waals surface area contributed by atoms with Crippen molar-refractivity contribution in [1.82, 2.24) is 0 Å². The number of nitro benzene ring substituents is 1. The van der Waals surface area contributed by atoms with Crippen LogP contribution in [0.15, 0.2) is 91.1 Å². The van der Waals surface area contributed by atoms with Crippen LogP contribution in [0, 0.1) is 10.1 Å². The van der Waals surface area contributed by atoms with E-state index >= 15 is 0 Å². The minimum Gasteiger partial charge on any atom is -0.486 e. The third kappa shape index (κ3) is 5.67. The molecule has 4 rings (SSSR count). The van der Waals surface area contributed by atoms with Crippen LogP contribution in [0.1, 0.15) is 42.0 Å². The standard InChI is InChI=1S/C31H26F4N2O5/c1-4-14-30(15-5-2)25-16-20(10-12-22(25)23-13-11-21(37(39)40)17-26(23)30)28(36-42-19(3)38)24-8-6-7-9-27(24)41-18-31(34,35)29(32)33/h4-13,16-17,29H,1-2,14-15,18H2,3H3/b36-28+. The van der Waals surface area contributed by atoms with E-state index in [1.165, 1.54) is 30.3 Å². The van der Waals surface area contributed by atoms with Crippen molar-refractivity contribution in [2.24, 2.45) is 5.16 Å². The average Bonchev–Trinajstić information content (AvgIpc) is 3.21. The number of non-ortho nitro benzene ring substituents is 1. The van der Waals surface area contributed by atoms with Gasteiger partial charge in [0, 0.05) is 35.6 Å². The van der Waals surface area contributed by atoms with E-state index in [0.717, 1.165) is 23.6 Å². The second-order valence-corrected chi connectivity index (χ2v) is 9.68. The van der Waals surface area contributed by atoms with Gasteiger partial charge in [-0.3, -0.25) is 10.1 Å². The number of benzene rings is 3. The Morgan fingerprint density at radius 3 is 2.26 bits per heavy atom. The molecule has 0 spiro atoms. The summed E-state index contributed by atoms with van der Waals surface area (Å²) >= 11 is 0. The van der Waals surface area contributed by atoms with Crippen molar-refractivity contribution < 1.29 is 36.9 Å². The van der Waals surface area contributed by atoms with Crippen molar-refractivity contribution in [1.29, 1.82) is 0 Å². The van der Waals surface area contributed by atoms with Crippen molar-refractivity contribution in [2.45, 2.75) is 37.5 Å². The summed E-state index contributed by atoms with van der Waals surface area (Å²) < 4.78 is 58.1. The minimum absolute atomic E-state index is 0.0111. The Kier molecular flexibility index (Phi) is 8.60. The number of carbonyl (C=O) groups is 1. The molecule has 42 heavy (non-hydrogen) atoms. The minimum atomic E-state index is -4.41. The number of alkyl halides is 4. The molecule has 0 N–H and O–H groups in total. The van der Waals surface area contributed by atoms with Gasteiger partial charge in [-0.15, -0.1) is 13.2 Å². The molecular weight excluding hydrogens is 556 g/mol. The van der Waals surface area contributed by atoms with Gasteiger partial charge in [0.15, 0.2) is 6.61 Å². The second-order valence-electron chi connectivity index (χ2n) is 9.68. The topological polar surface area (TPSA) is 91.0 Å². The summed E-state index contributed by atoms with van der Waals surface area (Å²) in [5, 5.41) is 15.6. The smallest absolute Gasteiger partial charge is 0.340 e. The van der Waals surface area contributed by atoms with Gasteiger partial charge in [0.1, 0.15) is 11.5 Å². The zero-order valence-corrected chi connectivity index (χ0v) is 22.5. The van der Waals surface area contributed by atoms with E-state index in [9.17, 15) is 32.5 Å². The van der Waals surface area contributed by atoms with Gasteiger partial charge in [0.05, 0.1) is 4.92 Å². The lowest BCUT2D eigenvalue weighted by molar-refractivity contribution is -0.384. The van der Waals surface area contributed by atoms with Crippen LogP contribution in [-0.4, -0.2) is 35.6 Å². The molecule has 0 amide bonds. The number of carbonyl (C=O) groups excluding carboxylic acids is 1. The van der Waals surface area contributed by atoms with Crippen molar-refractivity contribution in [2.75, 3.05) is 6.61 Å². The number of para-hydroxylation sites is 1. The van der Waals surface area contributed by atoms with E-state index in [2.05, 4.69) is 18.3 Å². The summed E-state index contributed by atoms with van der Waals surface area (Å²) in [7, 11) is 0. The number of nitro groups is 1. The van der Waals surface area contributed by atoms with Crippen LogP contribution in [0.5, 0.6) is 5.75 Å². The monoisotopic (exact) mass is 582 g/mol. The molecule has 0 atom stereocenters. The summed E-state index contributed by atoms with van der Waals surface area (Å²) in [6.07, 6.45) is 0.253. The maximum atomic E-state index is 13.7. The maximum absolute atomic E-state index is 13.7. The van der Waals surface area contributed by atoms with E-state index in [1.807, 2.05) is 0 Å². The summed E-state index contributed by atoms with van der Waals surface area (Å²) in [5.74, 6) is -5.35. The third-order valence-electron chi connectivity index (χ3n) is 6.96. The van der Waals surface area contributed by atoms with Crippen LogP contribution in [0.4, 0.5) is 23.2 Å². The van der Waals surface area contributed by atoms with E-state index in [-0.39, 0.29) is 22.7 Å². The van der Waals surface area contributed by atoms with Gasteiger partial charge in [-0.1, -0.05) is 41.6 Å². The first-order valence-corrected chi connectivity index (χ1v) is 12.7. The van der Waals surface area contributed by atoms with Crippen LogP contribution in [-0.2, 0) is 15.0 Å². The quantitative estimate of drug-likeness (QED) is 0.0548. The molecule has 11 heteroatoms. The van der Waals surface area contributed by atoms with E-state index in [0.29, 0.717) is 24.0 Å². The molecule has 218 valence electrons. The molecule has 3 aromatic carbocycles. The molecule has 1 aliphatic carbocycles. The van der Waals surface area contributed by atoms with Crippen molar-refractivity contribution in [3.05, 3.63) is 118 Å². The molecule has 0 radical (unpaired) electrons. The predicted molar refractivity (Wildman–Crippen MR) is 149 cm³/mol. The van der Waals surface area contributed by atoms with Crippen molar-refractivity contribution >= 4 is 17.4 Å². The van der Waals surface area contributed by atoms with Gasteiger partial charge in [-0.25, -0.2) is 13.6 Å². The molecular formula is C31H26F4N2O5. The van der Waals surface area contributed by atoms with Gasteiger partial charge >= 0.3 is 18.3 Å². The van der Waals surface area contributed by atoms with Crippen molar-refractivity contribution in [3.63, 3.8) is 0 Å². The lowest BCUT2D eigenvalue weighted by atomic mass is 9.72. The lowest BCUT2D eigenvalue weighted by Crippen LogP contribution is -2.34. The fourth-order valence-electron chi connectivity index (χ4n) is 5.15. The molecule has 0 heterocycles. The summed E-state index contributed by atoms with van der Waals surface area (Å²) in [5.41, 5.74) is 2.66. The Morgan fingerprint density at radius 1 is 1.05 bits per heavy atom. The second kappa shape index (κ2) is 12.0. The molecule has 0 fully saturated rings. The van der Waals surface area contributed by atoms with Crippen LogP contribution >= 0.6 is 0 Å². The molecule has 1 aliphatic rings. The Labute approximate surface area is 238 Å². The highest BCUT2D eigenvalue weighted by Crippen LogP contribution is 2.54. The molecule has 3 aromatic rings. The van der Waals surface area contributed by atoms with Crippen LogP contribution in [0.3, 0.4) is 0 Å². The highest BCUT2D eigenvalue weighted by atomic mass is 19.3. The van der Waals surface area contributed by atoms with Gasteiger partial charge in [0.2, 0.25) is 0 Å². The number of allylic oxidation sites excluding steroid dienone is 2. The van der Waals surface area contributed by atoms with Crippen molar-refractivity contribution in [3.8, 4) is 16.9 Å². The van der Waals surface area contributed by atoms with Gasteiger partial charge < -0.3 is 9.57 Å². The van der Waals surface area contributed by atoms with Gasteiger partial charge in [-0.2, -0.15) is 8.78 Å². The molecule has 0 unspecified atom stereocenters. The first-order chi connectivity index (χ1) is 19.9. The number of fused-ring (bicyclic) bond motifs is 3. The largest absolute Gasteiger partial charge is 0.486 e. The molecule has 0 saturated carbocycles. The number of halogens is 4. The maximum Gasteiger partial charge on any atom is 0.340 e. The first kappa shape index (κ1) is 30.2. The summed E-state index contributed by atoms with van der Waals surface area (Å²) in [4.78, 5) is 27.8. The summed E-state index contributed by atoms with van der Waals surface area (Å²) in [6, 6.07) is 15.6. The molecule has 7 nitrogen and oxygen atoms in total. The molecule has 0 aromatic heterocycles. The Morgan fingerprint density at radius 2 is 1.67 bits per heavy atom. The lowest BCUT2D eigenvalue weighted by Gasteiger charge is -2.30.